The number of hydrogen-bond acceptors (Lipinski definition) is 4. The van der Waals surface area contributed by atoms with Crippen LogP contribution in [0.5, 0.6) is 0 Å². The Morgan fingerprint density at radius 1 is 1.42 bits per heavy atom. The van der Waals surface area contributed by atoms with E-state index in [9.17, 15) is 14.4 Å². The topological polar surface area (TPSA) is 70.9 Å². The molecule has 3 amide bonds. The summed E-state index contributed by atoms with van der Waals surface area (Å²) in [5, 5.41) is 2.60. The van der Waals surface area contributed by atoms with Crippen LogP contribution >= 0.6 is 11.8 Å². The number of likely N-dealkylation sites (tertiary alicyclic amines) is 1. The first-order chi connectivity index (χ1) is 9.09. The molecule has 0 bridgehead atoms. The van der Waals surface area contributed by atoms with Crippen LogP contribution in [0.25, 0.3) is 0 Å². The normalized spacial score (nSPS) is 22.1. The molecule has 0 aliphatic carbocycles. The number of amides is 3. The quantitative estimate of drug-likeness (QED) is 0.671. The summed E-state index contributed by atoms with van der Waals surface area (Å²) in [6, 6.07) is -0.0538. The fourth-order valence-corrected chi connectivity index (χ4v) is 3.24. The van der Waals surface area contributed by atoms with E-state index in [1.165, 1.54) is 22.6 Å². The molecule has 2 N–H and O–H groups in total. The number of carbonyl (C=O) groups excluding carboxylic acids is 3. The van der Waals surface area contributed by atoms with Crippen LogP contribution in [0.1, 0.15) is 19.8 Å². The number of rotatable bonds is 5. The molecule has 0 radical (unpaired) electrons. The van der Waals surface area contributed by atoms with Gasteiger partial charge < -0.3 is 10.2 Å². The minimum absolute atomic E-state index is 0.00338. The Morgan fingerprint density at radius 3 is 2.68 bits per heavy atom. The number of nitrogens with zero attached hydrogens (tertiary/aromatic N) is 1. The van der Waals surface area contributed by atoms with Crippen molar-refractivity contribution < 1.29 is 19.3 Å². The van der Waals surface area contributed by atoms with Crippen molar-refractivity contribution in [3.8, 4) is 0 Å². The molecule has 106 valence electrons. The van der Waals surface area contributed by atoms with Crippen LogP contribution in [0.15, 0.2) is 0 Å². The lowest BCUT2D eigenvalue weighted by Gasteiger charge is -2.20. The predicted octanol–water partition coefficient (Wildman–Crippen LogP) is -1.13. The summed E-state index contributed by atoms with van der Waals surface area (Å²) in [6.45, 7) is 4.65. The Labute approximate surface area is 116 Å². The zero-order valence-electron chi connectivity index (χ0n) is 11.1. The molecular formula is C12H20N3O3S+. The van der Waals surface area contributed by atoms with Crippen molar-refractivity contribution in [3.05, 3.63) is 0 Å². The van der Waals surface area contributed by atoms with Gasteiger partial charge in [-0.1, -0.05) is 11.8 Å². The second kappa shape index (κ2) is 6.38. The van der Waals surface area contributed by atoms with E-state index in [4.69, 9.17) is 0 Å². The Hall–Kier alpha value is -1.08. The largest absolute Gasteiger partial charge is 0.349 e. The van der Waals surface area contributed by atoms with E-state index in [0.29, 0.717) is 6.54 Å². The van der Waals surface area contributed by atoms with Gasteiger partial charge in [0.15, 0.2) is 6.04 Å². The van der Waals surface area contributed by atoms with Gasteiger partial charge in [0, 0.05) is 25.9 Å². The van der Waals surface area contributed by atoms with Crippen LogP contribution in [0.2, 0.25) is 0 Å². The molecule has 2 heterocycles. The monoisotopic (exact) mass is 286 g/mol. The van der Waals surface area contributed by atoms with Crippen molar-refractivity contribution in [2.75, 3.05) is 31.9 Å². The summed E-state index contributed by atoms with van der Waals surface area (Å²) < 4.78 is 0. The van der Waals surface area contributed by atoms with E-state index in [2.05, 4.69) is 5.32 Å². The summed E-state index contributed by atoms with van der Waals surface area (Å²) >= 11 is 1.02. The van der Waals surface area contributed by atoms with Crippen LogP contribution in [-0.2, 0) is 9.59 Å². The van der Waals surface area contributed by atoms with E-state index < -0.39 is 0 Å². The fourth-order valence-electron chi connectivity index (χ4n) is 2.49. The fraction of sp³-hybridized carbons (Fsp3) is 0.750. The maximum Gasteiger partial charge on any atom is 0.288 e. The Balaban J connectivity index is 1.71. The van der Waals surface area contributed by atoms with Crippen LogP contribution in [0, 0.1) is 0 Å². The molecule has 2 fully saturated rings. The molecule has 1 atom stereocenters. The third kappa shape index (κ3) is 3.48. The minimum atomic E-state index is -0.211. The van der Waals surface area contributed by atoms with Crippen molar-refractivity contribution in [1.82, 2.24) is 10.2 Å². The highest BCUT2D eigenvalue weighted by Gasteiger charge is 2.30. The van der Waals surface area contributed by atoms with Crippen LogP contribution < -0.4 is 10.2 Å². The third-order valence-electron chi connectivity index (χ3n) is 3.73. The van der Waals surface area contributed by atoms with Crippen LogP contribution in [0.4, 0.5) is 4.79 Å². The second-order valence-corrected chi connectivity index (χ2v) is 5.90. The van der Waals surface area contributed by atoms with E-state index in [0.717, 1.165) is 24.9 Å². The molecule has 6 nitrogen and oxygen atoms in total. The van der Waals surface area contributed by atoms with Crippen LogP contribution in [-0.4, -0.2) is 59.9 Å². The molecule has 0 unspecified atom stereocenters. The molecule has 0 aromatic heterocycles. The average molecular weight is 286 g/mol. The molecule has 0 aromatic rings. The zero-order chi connectivity index (χ0) is 13.8. The van der Waals surface area contributed by atoms with Gasteiger partial charge in [-0.05, 0) is 6.92 Å². The van der Waals surface area contributed by atoms with Gasteiger partial charge in [0.25, 0.3) is 11.1 Å². The highest BCUT2D eigenvalue weighted by molar-refractivity contribution is 8.14. The van der Waals surface area contributed by atoms with Crippen LogP contribution in [0.3, 0.4) is 0 Å². The molecule has 19 heavy (non-hydrogen) atoms. The second-order valence-electron chi connectivity index (χ2n) is 4.98. The molecule has 0 saturated carbocycles. The molecule has 2 rings (SSSR count). The van der Waals surface area contributed by atoms with Crippen molar-refractivity contribution >= 4 is 28.8 Å². The molecule has 2 aliphatic heterocycles. The molecule has 2 saturated heterocycles. The first-order valence-electron chi connectivity index (χ1n) is 6.69. The number of nitrogens with one attached hydrogen (secondary N) is 2. The first kappa shape index (κ1) is 14.3. The van der Waals surface area contributed by atoms with E-state index in [1.807, 2.05) is 6.92 Å². The maximum atomic E-state index is 11.9. The molecule has 7 heteroatoms. The Kier molecular flexibility index (Phi) is 4.81. The molecule has 2 aliphatic rings. The summed E-state index contributed by atoms with van der Waals surface area (Å²) in [6.07, 6.45) is 2.36. The maximum absolute atomic E-state index is 11.9. The van der Waals surface area contributed by atoms with Crippen molar-refractivity contribution in [1.29, 1.82) is 0 Å². The summed E-state index contributed by atoms with van der Waals surface area (Å²) in [4.78, 5) is 37.2. The van der Waals surface area contributed by atoms with Gasteiger partial charge in [0.05, 0.1) is 18.8 Å². The highest BCUT2D eigenvalue weighted by Crippen LogP contribution is 2.17. The summed E-state index contributed by atoms with van der Waals surface area (Å²) in [5.41, 5.74) is 0. The summed E-state index contributed by atoms with van der Waals surface area (Å²) in [5.74, 6) is 0.0623. The van der Waals surface area contributed by atoms with E-state index in [1.54, 1.807) is 0 Å². The predicted molar refractivity (Wildman–Crippen MR) is 72.0 cm³/mol. The van der Waals surface area contributed by atoms with Gasteiger partial charge in [-0.25, -0.2) is 0 Å². The van der Waals surface area contributed by atoms with Gasteiger partial charge in [-0.2, -0.15) is 0 Å². The number of hydrogen-bond donors (Lipinski definition) is 2. The van der Waals surface area contributed by atoms with E-state index in [-0.39, 0.29) is 35.4 Å². The van der Waals surface area contributed by atoms with E-state index >= 15 is 0 Å². The molecular weight excluding hydrogens is 266 g/mol. The van der Waals surface area contributed by atoms with Gasteiger partial charge in [-0.3, -0.25) is 19.3 Å². The lowest BCUT2D eigenvalue weighted by molar-refractivity contribution is -0.901. The van der Waals surface area contributed by atoms with Gasteiger partial charge in [0.2, 0.25) is 5.91 Å². The van der Waals surface area contributed by atoms with Crippen molar-refractivity contribution in [3.63, 3.8) is 0 Å². The summed E-state index contributed by atoms with van der Waals surface area (Å²) in [7, 11) is 0. The number of imide groups is 1. The number of quaternary nitrogens is 1. The Bertz CT molecular complexity index is 366. The highest BCUT2D eigenvalue weighted by atomic mass is 32.2. The van der Waals surface area contributed by atoms with Crippen molar-refractivity contribution in [2.45, 2.75) is 25.8 Å². The van der Waals surface area contributed by atoms with Gasteiger partial charge >= 0.3 is 0 Å². The van der Waals surface area contributed by atoms with Gasteiger partial charge in [0.1, 0.15) is 0 Å². The standard InChI is InChI=1S/C12H19N3O3S/c1-9(14-5-2-3-6-14)11(17)13-4-7-15-10(16)8-19-12(15)18/h9H,2-8H2,1H3,(H,13,17)/p+1/t9-/m1/s1. The first-order valence-corrected chi connectivity index (χ1v) is 7.67. The number of carbonyl (C=O) groups is 3. The average Bonchev–Trinajstić information content (AvgIpc) is 3.02. The zero-order valence-corrected chi connectivity index (χ0v) is 11.9. The lowest BCUT2D eigenvalue weighted by Crippen LogP contribution is -3.15. The van der Waals surface area contributed by atoms with Gasteiger partial charge in [-0.15, -0.1) is 0 Å². The number of thioether (sulfide) groups is 1. The molecule has 0 aromatic carbocycles. The smallest absolute Gasteiger partial charge is 0.288 e. The lowest BCUT2D eigenvalue weighted by atomic mass is 10.3. The Morgan fingerprint density at radius 2 is 2.11 bits per heavy atom. The SMILES string of the molecule is C[C@H](C(=O)NCCN1C(=O)CSC1=O)[NH+]1CCCC1. The minimum Gasteiger partial charge on any atom is -0.349 e. The van der Waals surface area contributed by atoms with Crippen molar-refractivity contribution in [2.24, 2.45) is 0 Å². The third-order valence-corrected chi connectivity index (χ3v) is 4.59. The molecule has 0 spiro atoms.